The van der Waals surface area contributed by atoms with Crippen LogP contribution >= 0.6 is 11.3 Å². The van der Waals surface area contributed by atoms with Gasteiger partial charge in [-0.2, -0.15) is 5.10 Å². The van der Waals surface area contributed by atoms with E-state index >= 15 is 0 Å². The fourth-order valence-electron chi connectivity index (χ4n) is 2.50. The van der Waals surface area contributed by atoms with Crippen LogP contribution in [-0.2, 0) is 29.2 Å². The molecule has 0 atom stereocenters. The fraction of sp³-hybridized carbons (Fsp3) is 0.533. The maximum absolute atomic E-state index is 12.5. The van der Waals surface area contributed by atoms with Gasteiger partial charge in [0.25, 0.3) is 0 Å². The van der Waals surface area contributed by atoms with Crippen LogP contribution in [0, 0.1) is 12.3 Å². The summed E-state index contributed by atoms with van der Waals surface area (Å²) < 4.78 is 6.93. The minimum Gasteiger partial charge on any atom is -0.378 e. The zero-order valence-corrected chi connectivity index (χ0v) is 13.7. The quantitative estimate of drug-likeness (QED) is 0.846. The summed E-state index contributed by atoms with van der Waals surface area (Å²) in [6, 6.07) is 1.88. The van der Waals surface area contributed by atoms with Gasteiger partial charge in [-0.25, -0.2) is 4.98 Å². The molecule has 0 aromatic carbocycles. The van der Waals surface area contributed by atoms with E-state index < -0.39 is 0 Å². The predicted octanol–water partition coefficient (Wildman–Crippen LogP) is 1.89. The fourth-order valence-corrected chi connectivity index (χ4v) is 3.48. The molecule has 0 radical (unpaired) electrons. The summed E-state index contributed by atoms with van der Waals surface area (Å²) in [5, 5.41) is 8.20. The van der Waals surface area contributed by atoms with Crippen molar-refractivity contribution in [1.29, 1.82) is 0 Å². The van der Waals surface area contributed by atoms with Crippen LogP contribution in [0.5, 0.6) is 0 Å². The molecule has 1 aliphatic carbocycles. The highest BCUT2D eigenvalue weighted by atomic mass is 32.1. The number of carbonyl (C=O) groups is 1. The Hall–Kier alpha value is -1.73. The van der Waals surface area contributed by atoms with Gasteiger partial charge in [0, 0.05) is 24.4 Å². The van der Waals surface area contributed by atoms with E-state index in [9.17, 15) is 4.79 Å². The third kappa shape index (κ3) is 3.20. The van der Waals surface area contributed by atoms with Crippen molar-refractivity contribution in [2.24, 2.45) is 5.41 Å². The number of methoxy groups -OCH3 is 1. The second-order valence-electron chi connectivity index (χ2n) is 5.72. The lowest BCUT2D eigenvalue weighted by atomic mass is 10.1. The number of thiazole rings is 1. The number of amides is 1. The minimum absolute atomic E-state index is 0.115. The molecule has 2 aromatic rings. The van der Waals surface area contributed by atoms with Gasteiger partial charge < -0.3 is 10.1 Å². The molecular weight excluding hydrogens is 300 g/mol. The van der Waals surface area contributed by atoms with Crippen LogP contribution in [-0.4, -0.2) is 27.8 Å². The molecule has 2 aromatic heterocycles. The number of aryl methyl sites for hydroxylation is 1. The standard InChI is InChI=1S/C15H20N4O2S/c1-11-12(22-13(18-11)9-21-2)8-16-14(20)15(4-5-15)10-19-7-3-6-17-19/h3,6-7H,4-5,8-10H2,1-2H3,(H,16,20). The monoisotopic (exact) mass is 320 g/mol. The van der Waals surface area contributed by atoms with Crippen molar-refractivity contribution >= 4 is 17.2 Å². The number of ether oxygens (including phenoxy) is 1. The van der Waals surface area contributed by atoms with E-state index in [1.165, 1.54) is 0 Å². The molecule has 1 saturated carbocycles. The summed E-state index contributed by atoms with van der Waals surface area (Å²) in [6.45, 7) is 3.67. The first-order valence-electron chi connectivity index (χ1n) is 7.33. The molecule has 1 amide bonds. The van der Waals surface area contributed by atoms with Gasteiger partial charge >= 0.3 is 0 Å². The number of hydrogen-bond acceptors (Lipinski definition) is 5. The minimum atomic E-state index is -0.278. The molecule has 0 saturated heterocycles. The van der Waals surface area contributed by atoms with Crippen LogP contribution in [0.1, 0.15) is 28.4 Å². The lowest BCUT2D eigenvalue weighted by Gasteiger charge is -2.15. The van der Waals surface area contributed by atoms with Gasteiger partial charge in [-0.3, -0.25) is 9.48 Å². The Kier molecular flexibility index (Phi) is 4.26. The van der Waals surface area contributed by atoms with Crippen molar-refractivity contribution in [3.8, 4) is 0 Å². The van der Waals surface area contributed by atoms with Gasteiger partial charge in [0.15, 0.2) is 0 Å². The number of hydrogen-bond donors (Lipinski definition) is 1. The van der Waals surface area contributed by atoms with Crippen LogP contribution in [0.25, 0.3) is 0 Å². The number of carbonyl (C=O) groups excluding carboxylic acids is 1. The zero-order valence-electron chi connectivity index (χ0n) is 12.8. The lowest BCUT2D eigenvalue weighted by Crippen LogP contribution is -2.34. The van der Waals surface area contributed by atoms with Crippen LogP contribution in [0.2, 0.25) is 0 Å². The molecule has 7 heteroatoms. The molecule has 6 nitrogen and oxygen atoms in total. The van der Waals surface area contributed by atoms with E-state index in [-0.39, 0.29) is 11.3 Å². The molecule has 118 valence electrons. The van der Waals surface area contributed by atoms with Gasteiger partial charge in [-0.05, 0) is 25.8 Å². The van der Waals surface area contributed by atoms with E-state index in [2.05, 4.69) is 15.4 Å². The van der Waals surface area contributed by atoms with Gasteiger partial charge in [-0.1, -0.05) is 0 Å². The predicted molar refractivity (Wildman–Crippen MR) is 83.3 cm³/mol. The number of aromatic nitrogens is 3. The molecule has 1 N–H and O–H groups in total. The van der Waals surface area contributed by atoms with E-state index in [1.54, 1.807) is 24.6 Å². The Balaban J connectivity index is 1.58. The summed E-state index contributed by atoms with van der Waals surface area (Å²) in [7, 11) is 1.66. The third-order valence-corrected chi connectivity index (χ3v) is 5.10. The van der Waals surface area contributed by atoms with Crippen LogP contribution in [0.3, 0.4) is 0 Å². The van der Waals surface area contributed by atoms with Gasteiger partial charge in [0.05, 0.1) is 30.8 Å². The van der Waals surface area contributed by atoms with E-state index in [0.29, 0.717) is 19.7 Å². The summed E-state index contributed by atoms with van der Waals surface area (Å²) in [5.74, 6) is 0.115. The maximum Gasteiger partial charge on any atom is 0.228 e. The molecule has 22 heavy (non-hydrogen) atoms. The topological polar surface area (TPSA) is 69.0 Å². The summed E-state index contributed by atoms with van der Waals surface area (Å²) in [5.41, 5.74) is 0.689. The Morgan fingerprint density at radius 3 is 3.00 bits per heavy atom. The zero-order chi connectivity index (χ0) is 15.6. The Labute approximate surface area is 133 Å². The SMILES string of the molecule is COCc1nc(C)c(CNC(=O)C2(Cn3cccn3)CC2)s1. The molecule has 2 heterocycles. The van der Waals surface area contributed by atoms with E-state index in [0.717, 1.165) is 28.4 Å². The Bertz CT molecular complexity index is 647. The first-order valence-corrected chi connectivity index (χ1v) is 8.14. The normalized spacial score (nSPS) is 15.7. The first kappa shape index (κ1) is 15.2. The largest absolute Gasteiger partial charge is 0.378 e. The highest BCUT2D eigenvalue weighted by Gasteiger charge is 2.50. The van der Waals surface area contributed by atoms with E-state index in [1.807, 2.05) is 23.9 Å². The smallest absolute Gasteiger partial charge is 0.228 e. The van der Waals surface area contributed by atoms with Crippen molar-refractivity contribution in [3.63, 3.8) is 0 Å². The average molecular weight is 320 g/mol. The molecule has 1 aliphatic rings. The first-order chi connectivity index (χ1) is 10.6. The molecule has 0 aliphatic heterocycles. The number of nitrogens with one attached hydrogen (secondary N) is 1. The van der Waals surface area contributed by atoms with Gasteiger partial charge in [0.2, 0.25) is 5.91 Å². The molecule has 3 rings (SSSR count). The summed E-state index contributed by atoms with van der Waals surface area (Å²) >= 11 is 1.59. The van der Waals surface area contributed by atoms with Crippen molar-refractivity contribution in [2.45, 2.75) is 39.5 Å². The molecule has 1 fully saturated rings. The maximum atomic E-state index is 12.5. The Morgan fingerprint density at radius 2 is 2.36 bits per heavy atom. The number of nitrogens with zero attached hydrogens (tertiary/aromatic N) is 3. The van der Waals surface area contributed by atoms with Crippen molar-refractivity contribution < 1.29 is 9.53 Å². The van der Waals surface area contributed by atoms with Gasteiger partial charge in [-0.15, -0.1) is 11.3 Å². The number of rotatable bonds is 7. The second-order valence-corrected chi connectivity index (χ2v) is 6.88. The van der Waals surface area contributed by atoms with Crippen LogP contribution < -0.4 is 5.32 Å². The molecule has 0 unspecified atom stereocenters. The van der Waals surface area contributed by atoms with Gasteiger partial charge in [0.1, 0.15) is 5.01 Å². The van der Waals surface area contributed by atoms with Crippen molar-refractivity contribution in [2.75, 3.05) is 7.11 Å². The molecule has 0 spiro atoms. The third-order valence-electron chi connectivity index (χ3n) is 3.97. The molecular formula is C15H20N4O2S. The van der Waals surface area contributed by atoms with Crippen molar-refractivity contribution in [1.82, 2.24) is 20.1 Å². The summed E-state index contributed by atoms with van der Waals surface area (Å²) in [6.07, 6.45) is 5.49. The summed E-state index contributed by atoms with van der Waals surface area (Å²) in [4.78, 5) is 18.0. The van der Waals surface area contributed by atoms with Crippen LogP contribution in [0.15, 0.2) is 18.5 Å². The second kappa shape index (κ2) is 6.18. The molecule has 0 bridgehead atoms. The highest BCUT2D eigenvalue weighted by molar-refractivity contribution is 7.11. The van der Waals surface area contributed by atoms with Crippen LogP contribution in [0.4, 0.5) is 0 Å². The Morgan fingerprint density at radius 1 is 1.55 bits per heavy atom. The highest BCUT2D eigenvalue weighted by Crippen LogP contribution is 2.47. The van der Waals surface area contributed by atoms with Crippen molar-refractivity contribution in [3.05, 3.63) is 34.0 Å². The lowest BCUT2D eigenvalue weighted by molar-refractivity contribution is -0.127. The average Bonchev–Trinajstić information content (AvgIpc) is 2.92. The van der Waals surface area contributed by atoms with E-state index in [4.69, 9.17) is 4.74 Å².